The van der Waals surface area contributed by atoms with Crippen molar-refractivity contribution in [2.24, 2.45) is 0 Å². The lowest BCUT2D eigenvalue weighted by atomic mass is 10.1. The fourth-order valence-corrected chi connectivity index (χ4v) is 9.25. The first-order chi connectivity index (χ1) is 40.5. The third-order valence-corrected chi connectivity index (χ3v) is 14.4. The molecule has 1 atom stereocenters. The van der Waals surface area contributed by atoms with Crippen LogP contribution in [0, 0.1) is 0 Å². The highest BCUT2D eigenvalue weighted by Gasteiger charge is 2.19. The molecule has 466 valence electrons. The molecule has 0 amide bonds. The molecule has 6 heteroatoms. The van der Waals surface area contributed by atoms with E-state index < -0.39 is 6.10 Å². The molecule has 0 aromatic heterocycles. The van der Waals surface area contributed by atoms with Crippen LogP contribution in [0.15, 0.2) is 134 Å². The van der Waals surface area contributed by atoms with Gasteiger partial charge in [0.1, 0.15) is 13.2 Å². The summed E-state index contributed by atoms with van der Waals surface area (Å²) in [4.78, 5) is 38.4. The van der Waals surface area contributed by atoms with Gasteiger partial charge in [-0.3, -0.25) is 14.4 Å². The number of hydrogen-bond acceptors (Lipinski definition) is 6. The normalized spacial score (nSPS) is 13.0. The highest BCUT2D eigenvalue weighted by molar-refractivity contribution is 5.71. The fraction of sp³-hybridized carbons (Fsp3) is 0.671. The van der Waals surface area contributed by atoms with Gasteiger partial charge in [0, 0.05) is 19.3 Å². The predicted octanol–water partition coefficient (Wildman–Crippen LogP) is 23.7. The minimum Gasteiger partial charge on any atom is -0.462 e. The number of allylic oxidation sites excluding steroid dienone is 22. The zero-order valence-electron chi connectivity index (χ0n) is 53.5. The van der Waals surface area contributed by atoms with Gasteiger partial charge in [0.2, 0.25) is 0 Å². The molecule has 1 unspecified atom stereocenters. The van der Waals surface area contributed by atoms with Crippen LogP contribution in [-0.2, 0) is 28.6 Å². The number of hydrogen-bond donors (Lipinski definition) is 0. The Kier molecular flexibility index (Phi) is 65.3. The lowest BCUT2D eigenvalue weighted by Gasteiger charge is -2.18. The molecule has 0 aliphatic carbocycles. The maximum absolute atomic E-state index is 12.9. The van der Waals surface area contributed by atoms with Crippen molar-refractivity contribution >= 4 is 17.9 Å². The van der Waals surface area contributed by atoms with Gasteiger partial charge in [-0.05, 0) is 141 Å². The molecular weight excluding hydrogens is 1010 g/mol. The molecule has 0 fully saturated rings. The Morgan fingerprint density at radius 1 is 0.256 bits per heavy atom. The van der Waals surface area contributed by atoms with E-state index in [1.54, 1.807) is 0 Å². The maximum Gasteiger partial charge on any atom is 0.306 e. The van der Waals surface area contributed by atoms with Gasteiger partial charge in [0.25, 0.3) is 0 Å². The number of ether oxygens (including phenoxy) is 3. The van der Waals surface area contributed by atoms with Crippen LogP contribution < -0.4 is 0 Å². The van der Waals surface area contributed by atoms with Crippen molar-refractivity contribution in [3.05, 3.63) is 134 Å². The summed E-state index contributed by atoms with van der Waals surface area (Å²) in [6, 6.07) is 0. The van der Waals surface area contributed by atoms with Gasteiger partial charge in [0.05, 0.1) is 0 Å². The third-order valence-electron chi connectivity index (χ3n) is 14.4. The summed E-state index contributed by atoms with van der Waals surface area (Å²) < 4.78 is 16.9. The fourth-order valence-electron chi connectivity index (χ4n) is 9.25. The van der Waals surface area contributed by atoms with Crippen LogP contribution in [0.3, 0.4) is 0 Å². The van der Waals surface area contributed by atoms with Gasteiger partial charge < -0.3 is 14.2 Å². The molecular formula is C76H126O6. The smallest absolute Gasteiger partial charge is 0.306 e. The predicted molar refractivity (Wildman–Crippen MR) is 357 cm³/mol. The van der Waals surface area contributed by atoms with Crippen LogP contribution in [0.4, 0.5) is 0 Å². The Hall–Kier alpha value is -4.45. The number of rotatable bonds is 61. The summed E-state index contributed by atoms with van der Waals surface area (Å²) in [6.45, 7) is 6.50. The summed E-state index contributed by atoms with van der Waals surface area (Å²) in [5.41, 5.74) is 0. The van der Waals surface area contributed by atoms with Gasteiger partial charge >= 0.3 is 17.9 Å². The molecule has 0 saturated heterocycles. The van der Waals surface area contributed by atoms with E-state index in [2.05, 4.69) is 154 Å². The van der Waals surface area contributed by atoms with Gasteiger partial charge in [-0.2, -0.15) is 0 Å². The van der Waals surface area contributed by atoms with Crippen molar-refractivity contribution < 1.29 is 28.6 Å². The first-order valence-electron chi connectivity index (χ1n) is 34.2. The molecule has 0 aromatic rings. The van der Waals surface area contributed by atoms with Gasteiger partial charge in [-0.1, -0.05) is 283 Å². The molecule has 0 aliphatic rings. The molecule has 0 spiro atoms. The molecule has 0 radical (unpaired) electrons. The summed E-state index contributed by atoms with van der Waals surface area (Å²) in [6.07, 6.45) is 97.5. The molecule has 0 heterocycles. The van der Waals surface area contributed by atoms with Crippen LogP contribution in [-0.4, -0.2) is 37.2 Å². The molecule has 0 rings (SSSR count). The van der Waals surface area contributed by atoms with Crippen molar-refractivity contribution in [3.8, 4) is 0 Å². The molecule has 0 aromatic carbocycles. The minimum atomic E-state index is -0.797. The van der Waals surface area contributed by atoms with E-state index in [4.69, 9.17) is 14.2 Å². The Morgan fingerprint density at radius 2 is 0.476 bits per heavy atom. The van der Waals surface area contributed by atoms with E-state index in [1.807, 2.05) is 0 Å². The highest BCUT2D eigenvalue weighted by atomic mass is 16.6. The van der Waals surface area contributed by atoms with E-state index >= 15 is 0 Å². The first kappa shape index (κ1) is 77.5. The van der Waals surface area contributed by atoms with Crippen molar-refractivity contribution in [1.82, 2.24) is 0 Å². The second-order valence-corrected chi connectivity index (χ2v) is 22.3. The van der Waals surface area contributed by atoms with Crippen molar-refractivity contribution in [3.63, 3.8) is 0 Å². The molecule has 0 saturated carbocycles. The van der Waals surface area contributed by atoms with Crippen LogP contribution in [0.25, 0.3) is 0 Å². The van der Waals surface area contributed by atoms with Gasteiger partial charge in [0.15, 0.2) is 6.10 Å². The minimum absolute atomic E-state index is 0.0918. The number of esters is 3. The van der Waals surface area contributed by atoms with E-state index in [0.717, 1.165) is 141 Å². The first-order valence-corrected chi connectivity index (χ1v) is 34.2. The average molecular weight is 1140 g/mol. The lowest BCUT2D eigenvalue weighted by molar-refractivity contribution is -0.167. The zero-order chi connectivity index (χ0) is 59.2. The number of carbonyl (C=O) groups excluding carboxylic acids is 3. The molecule has 0 bridgehead atoms. The van der Waals surface area contributed by atoms with E-state index in [1.165, 1.54) is 128 Å². The summed E-state index contributed by atoms with van der Waals surface area (Å²) in [5.74, 6) is -0.918. The Bertz CT molecular complexity index is 1730. The standard InChI is InChI=1S/C76H126O6/c1-4-7-10-13-16-19-22-25-28-30-31-32-33-34-35-36-37-38-39-40-41-42-43-44-45-47-48-51-54-57-60-63-66-69-75(78)81-72-73(71-80-74(77)68-65-62-59-56-53-50-27-24-21-18-15-12-9-6-3)82-76(79)70-67-64-61-58-55-52-49-46-29-26-23-20-17-14-11-8-5-2/h7,10,16,19,24-29,31-32,34-35,37-38,40-41,43-44,47-48,73H,4-6,8-9,11-15,17-18,20-23,30,33,36,39,42,45-46,49-72H2,1-3H3/b10-7-,19-16-,27-24-,28-25-,29-26-,32-31-,35-34-,38-37-,41-40-,44-43-,48-47-. The maximum atomic E-state index is 12.9. The van der Waals surface area contributed by atoms with Crippen molar-refractivity contribution in [2.75, 3.05) is 13.2 Å². The van der Waals surface area contributed by atoms with E-state index in [9.17, 15) is 14.4 Å². The molecule has 0 aliphatic heterocycles. The van der Waals surface area contributed by atoms with Crippen LogP contribution in [0.2, 0.25) is 0 Å². The Balaban J connectivity index is 4.35. The second kappa shape index (κ2) is 69.0. The molecule has 82 heavy (non-hydrogen) atoms. The van der Waals surface area contributed by atoms with Crippen LogP contribution in [0.5, 0.6) is 0 Å². The summed E-state index contributed by atoms with van der Waals surface area (Å²) in [5, 5.41) is 0. The number of carbonyl (C=O) groups is 3. The van der Waals surface area contributed by atoms with Gasteiger partial charge in [-0.25, -0.2) is 0 Å². The Labute approximate surface area is 506 Å². The number of unbranched alkanes of at least 4 members (excludes halogenated alkanes) is 28. The third kappa shape index (κ3) is 66.4. The van der Waals surface area contributed by atoms with E-state index in [0.29, 0.717) is 19.3 Å². The zero-order valence-corrected chi connectivity index (χ0v) is 53.5. The topological polar surface area (TPSA) is 78.9 Å². The summed E-state index contributed by atoms with van der Waals surface area (Å²) >= 11 is 0. The summed E-state index contributed by atoms with van der Waals surface area (Å²) in [7, 11) is 0. The quantitative estimate of drug-likeness (QED) is 0.0261. The largest absolute Gasteiger partial charge is 0.462 e. The van der Waals surface area contributed by atoms with Crippen molar-refractivity contribution in [2.45, 2.75) is 316 Å². The molecule has 0 N–H and O–H groups in total. The monoisotopic (exact) mass is 1130 g/mol. The SMILES string of the molecule is CC/C=C\C/C=C\C/C=C\C/C=C\C/C=C\C/C=C\C/C=C\C/C=C\C/C=C\CCCCCCCC(=O)OCC(COC(=O)CCCCCCC/C=C\CCCCCCC)OC(=O)CCCCCCCCC/C=C\CCCCCCCC. The highest BCUT2D eigenvalue weighted by Crippen LogP contribution is 2.15. The molecule has 6 nitrogen and oxygen atoms in total. The second-order valence-electron chi connectivity index (χ2n) is 22.3. The van der Waals surface area contributed by atoms with Crippen LogP contribution in [0.1, 0.15) is 310 Å². The average Bonchev–Trinajstić information content (AvgIpc) is 3.47. The van der Waals surface area contributed by atoms with Gasteiger partial charge in [-0.15, -0.1) is 0 Å². The van der Waals surface area contributed by atoms with Crippen LogP contribution >= 0.6 is 0 Å². The lowest BCUT2D eigenvalue weighted by Crippen LogP contribution is -2.30. The van der Waals surface area contributed by atoms with E-state index in [-0.39, 0.29) is 31.1 Å². The Morgan fingerprint density at radius 3 is 0.756 bits per heavy atom. The van der Waals surface area contributed by atoms with Crippen molar-refractivity contribution in [1.29, 1.82) is 0 Å².